The van der Waals surface area contributed by atoms with Crippen LogP contribution in [0.1, 0.15) is 52.4 Å². The molecule has 0 saturated heterocycles. The molecule has 4 heteroatoms. The van der Waals surface area contributed by atoms with Crippen molar-refractivity contribution in [2.24, 2.45) is 22.7 Å². The van der Waals surface area contributed by atoms with E-state index >= 15 is 4.39 Å². The summed E-state index contributed by atoms with van der Waals surface area (Å²) in [5.74, 6) is 0.0213. The smallest absolute Gasteiger partial charge is 0.302 e. The zero-order valence-corrected chi connectivity index (χ0v) is 16.8. The first kappa shape index (κ1) is 18.3. The maximum Gasteiger partial charge on any atom is 0.302 e. The summed E-state index contributed by atoms with van der Waals surface area (Å²) >= 11 is 1.75. The molecule has 0 radical (unpaired) electrons. The Morgan fingerprint density at radius 1 is 1.35 bits per heavy atom. The van der Waals surface area contributed by atoms with Gasteiger partial charge in [-0.3, -0.25) is 4.79 Å². The molecule has 0 bridgehead atoms. The zero-order chi connectivity index (χ0) is 18.6. The van der Waals surface area contributed by atoms with E-state index in [-0.39, 0.29) is 23.2 Å². The van der Waals surface area contributed by atoms with Gasteiger partial charge in [-0.1, -0.05) is 29.9 Å². The molecule has 0 aromatic rings. The van der Waals surface area contributed by atoms with E-state index in [0.717, 1.165) is 32.1 Å². The number of halogens is 1. The van der Waals surface area contributed by atoms with Crippen molar-refractivity contribution < 1.29 is 13.9 Å². The molecule has 2 saturated carbocycles. The molecule has 5 atom stereocenters. The quantitative estimate of drug-likeness (QED) is 0.473. The lowest BCUT2D eigenvalue weighted by atomic mass is 9.46. The number of thioether (sulfide) groups is 1. The third-order valence-electron chi connectivity index (χ3n) is 7.73. The molecule has 0 heterocycles. The minimum Gasteiger partial charge on any atom is -0.465 e. The Morgan fingerprint density at radius 3 is 2.88 bits per heavy atom. The van der Waals surface area contributed by atoms with Crippen LogP contribution in [0.25, 0.3) is 0 Å². The van der Waals surface area contributed by atoms with Crippen LogP contribution in [0, 0.1) is 22.7 Å². The molecule has 0 amide bonds. The van der Waals surface area contributed by atoms with Crippen molar-refractivity contribution in [1.29, 1.82) is 0 Å². The van der Waals surface area contributed by atoms with E-state index in [2.05, 4.69) is 37.5 Å². The van der Waals surface area contributed by atoms with Gasteiger partial charge in [0.1, 0.15) is 12.3 Å². The molecule has 4 aliphatic rings. The minimum absolute atomic E-state index is 0.0256. The lowest BCUT2D eigenvalue weighted by Gasteiger charge is -2.60. The number of alkyl halides is 1. The second-order valence-electron chi connectivity index (χ2n) is 8.63. The van der Waals surface area contributed by atoms with Crippen molar-refractivity contribution in [2.75, 3.05) is 12.9 Å². The van der Waals surface area contributed by atoms with Crippen molar-refractivity contribution in [1.82, 2.24) is 0 Å². The van der Waals surface area contributed by atoms with E-state index in [1.807, 2.05) is 0 Å². The number of carbonyl (C=O) groups is 1. The van der Waals surface area contributed by atoms with Crippen LogP contribution < -0.4 is 0 Å². The largest absolute Gasteiger partial charge is 0.465 e. The fourth-order valence-corrected chi connectivity index (χ4v) is 7.35. The highest BCUT2D eigenvalue weighted by molar-refractivity contribution is 8.02. The number of hydrogen-bond donors (Lipinski definition) is 0. The van der Waals surface area contributed by atoms with Gasteiger partial charge in [0, 0.05) is 17.8 Å². The molecule has 142 valence electrons. The number of fused-ring (bicyclic) bond motifs is 5. The Balaban J connectivity index is 1.72. The normalized spacial score (nSPS) is 43.7. The maximum absolute atomic E-state index is 16.7. The first-order valence-corrected chi connectivity index (χ1v) is 11.0. The molecule has 2 nitrogen and oxygen atoms in total. The van der Waals surface area contributed by atoms with Crippen LogP contribution in [0.2, 0.25) is 0 Å². The molecule has 2 fully saturated rings. The third-order valence-corrected chi connectivity index (χ3v) is 8.74. The third kappa shape index (κ3) is 2.33. The number of carbonyl (C=O) groups excluding carboxylic acids is 1. The monoisotopic (exact) mass is 376 g/mol. The summed E-state index contributed by atoms with van der Waals surface area (Å²) in [5, 5.41) is 0. The lowest BCUT2D eigenvalue weighted by Crippen LogP contribution is -2.60. The molecule has 0 N–H and O–H groups in total. The van der Waals surface area contributed by atoms with E-state index in [0.29, 0.717) is 13.0 Å². The van der Waals surface area contributed by atoms with Gasteiger partial charge in [-0.15, -0.1) is 11.8 Å². The predicted molar refractivity (Wildman–Crippen MR) is 105 cm³/mol. The summed E-state index contributed by atoms with van der Waals surface area (Å²) in [6, 6.07) is 0. The van der Waals surface area contributed by atoms with Crippen molar-refractivity contribution in [3.8, 4) is 0 Å². The molecule has 4 rings (SSSR count). The van der Waals surface area contributed by atoms with Crippen molar-refractivity contribution in [2.45, 2.75) is 58.0 Å². The first-order valence-electron chi connectivity index (χ1n) is 9.81. The molecule has 0 aliphatic heterocycles. The SMILES string of the molecule is CSC1=CC[C@H]2[C@@H]3CCC4=CCC=C[C@]4(C)[C@@]3(F)CC[C@]12COC(C)=O. The van der Waals surface area contributed by atoms with Crippen LogP contribution in [-0.4, -0.2) is 24.5 Å². The Morgan fingerprint density at radius 2 is 2.15 bits per heavy atom. The van der Waals surface area contributed by atoms with E-state index in [4.69, 9.17) is 4.74 Å². The molecule has 0 spiro atoms. The van der Waals surface area contributed by atoms with E-state index in [9.17, 15) is 4.79 Å². The number of ether oxygens (including phenoxy) is 1. The summed E-state index contributed by atoms with van der Waals surface area (Å²) in [7, 11) is 0. The summed E-state index contributed by atoms with van der Waals surface area (Å²) < 4.78 is 22.3. The van der Waals surface area contributed by atoms with Gasteiger partial charge in [0.15, 0.2) is 0 Å². The number of rotatable bonds is 3. The van der Waals surface area contributed by atoms with Gasteiger partial charge in [-0.25, -0.2) is 4.39 Å². The Kier molecular flexibility index (Phi) is 4.41. The Labute approximate surface area is 160 Å². The average molecular weight is 377 g/mol. The standard InChI is InChI=1S/C22H29FO2S/c1-15(24)25-14-21-12-13-22(23)18(17(21)9-10-19(21)26-3)8-7-16-6-4-5-11-20(16,22)2/h5-6,10-11,17-18H,4,7-9,12-14H2,1-3H3/t17-,18-,20-,21+,22+/m0/s1. The highest BCUT2D eigenvalue weighted by Crippen LogP contribution is 2.68. The summed E-state index contributed by atoms with van der Waals surface area (Å²) in [6.45, 7) is 3.98. The molecule has 0 aromatic heterocycles. The van der Waals surface area contributed by atoms with Crippen LogP contribution in [0.15, 0.2) is 34.8 Å². The lowest BCUT2D eigenvalue weighted by molar-refractivity contribution is -0.154. The summed E-state index contributed by atoms with van der Waals surface area (Å²) in [6.07, 6.45) is 16.0. The minimum atomic E-state index is -1.19. The second-order valence-corrected chi connectivity index (χ2v) is 9.48. The average Bonchev–Trinajstić information content (AvgIpc) is 2.99. The Hall–Kier alpha value is -1.03. The maximum atomic E-state index is 16.7. The van der Waals surface area contributed by atoms with Gasteiger partial charge in [0.2, 0.25) is 0 Å². The highest BCUT2D eigenvalue weighted by atomic mass is 32.2. The van der Waals surface area contributed by atoms with Crippen LogP contribution in [0.4, 0.5) is 4.39 Å². The van der Waals surface area contributed by atoms with Crippen molar-refractivity contribution in [3.05, 3.63) is 34.8 Å². The molecule has 4 aliphatic carbocycles. The topological polar surface area (TPSA) is 26.3 Å². The zero-order valence-electron chi connectivity index (χ0n) is 16.0. The van der Waals surface area contributed by atoms with Crippen LogP contribution in [0.5, 0.6) is 0 Å². The summed E-state index contributed by atoms with van der Waals surface area (Å²) in [5.41, 5.74) is -0.548. The predicted octanol–water partition coefficient (Wildman–Crippen LogP) is 5.61. The van der Waals surface area contributed by atoms with Gasteiger partial charge in [0.25, 0.3) is 0 Å². The second kappa shape index (κ2) is 6.25. The number of hydrogen-bond acceptors (Lipinski definition) is 3. The van der Waals surface area contributed by atoms with E-state index in [1.54, 1.807) is 11.8 Å². The molecule has 0 unspecified atom stereocenters. The fourth-order valence-electron chi connectivity index (χ4n) is 6.37. The number of esters is 1. The highest BCUT2D eigenvalue weighted by Gasteiger charge is 2.66. The van der Waals surface area contributed by atoms with E-state index < -0.39 is 11.1 Å². The first-order chi connectivity index (χ1) is 12.4. The molecule has 0 aromatic carbocycles. The van der Waals surface area contributed by atoms with Crippen LogP contribution >= 0.6 is 11.8 Å². The molecular weight excluding hydrogens is 347 g/mol. The number of allylic oxidation sites excluding steroid dienone is 5. The molecule has 26 heavy (non-hydrogen) atoms. The molecular formula is C22H29FO2S. The van der Waals surface area contributed by atoms with Gasteiger partial charge in [-0.2, -0.15) is 0 Å². The van der Waals surface area contributed by atoms with Crippen LogP contribution in [0.3, 0.4) is 0 Å². The summed E-state index contributed by atoms with van der Waals surface area (Å²) in [4.78, 5) is 12.8. The van der Waals surface area contributed by atoms with Gasteiger partial charge in [0.05, 0.1) is 0 Å². The van der Waals surface area contributed by atoms with Gasteiger partial charge in [-0.05, 0) is 68.4 Å². The van der Waals surface area contributed by atoms with Gasteiger partial charge >= 0.3 is 5.97 Å². The van der Waals surface area contributed by atoms with Crippen LogP contribution in [-0.2, 0) is 9.53 Å². The van der Waals surface area contributed by atoms with Gasteiger partial charge < -0.3 is 4.74 Å². The van der Waals surface area contributed by atoms with Crippen molar-refractivity contribution in [3.63, 3.8) is 0 Å². The van der Waals surface area contributed by atoms with Crippen molar-refractivity contribution >= 4 is 17.7 Å². The Bertz CT molecular complexity index is 711. The fraction of sp³-hybridized carbons (Fsp3) is 0.682. The van der Waals surface area contributed by atoms with E-state index in [1.165, 1.54) is 17.4 Å².